The molecule has 1 fully saturated rings. The van der Waals surface area contributed by atoms with Crippen LogP contribution in [-0.2, 0) is 11.4 Å². The predicted octanol–water partition coefficient (Wildman–Crippen LogP) is 2.10. The number of benzene rings is 2. The second-order valence-electron chi connectivity index (χ2n) is 6.06. The smallest absolute Gasteiger partial charge is 0.250 e. The van der Waals surface area contributed by atoms with Crippen molar-refractivity contribution in [1.82, 2.24) is 16.3 Å². The van der Waals surface area contributed by atoms with Crippen molar-refractivity contribution in [3.63, 3.8) is 0 Å². The van der Waals surface area contributed by atoms with E-state index < -0.39 is 0 Å². The molecule has 1 aliphatic rings. The third kappa shape index (κ3) is 4.99. The Morgan fingerprint density at radius 2 is 2.14 bits per heavy atom. The van der Waals surface area contributed by atoms with Gasteiger partial charge in [-0.2, -0.15) is 5.10 Å². The number of carbonyl (C=O) groups excluding carboxylic acids is 1. The summed E-state index contributed by atoms with van der Waals surface area (Å²) in [6, 6.07) is 11.6. The van der Waals surface area contributed by atoms with Crippen LogP contribution >= 0.6 is 15.9 Å². The lowest BCUT2D eigenvalue weighted by molar-refractivity contribution is -0.123. The Balaban J connectivity index is 1.62. The summed E-state index contributed by atoms with van der Waals surface area (Å²) in [5, 5.41) is 4.19. The van der Waals surface area contributed by atoms with Gasteiger partial charge in [0.25, 0.3) is 0 Å². The van der Waals surface area contributed by atoms with E-state index in [0.717, 1.165) is 5.56 Å². The van der Waals surface area contributed by atoms with Crippen LogP contribution in [0.25, 0.3) is 0 Å². The molecule has 3 rings (SSSR count). The van der Waals surface area contributed by atoms with E-state index in [1.807, 2.05) is 6.07 Å². The number of methoxy groups -OCH3 is 1. The molecule has 0 radical (unpaired) electrons. The van der Waals surface area contributed by atoms with E-state index in [1.165, 1.54) is 13.2 Å². The number of nitrogens with one attached hydrogen (secondary N) is 3. The fourth-order valence-electron chi connectivity index (χ4n) is 2.58. The minimum absolute atomic E-state index is 0.0986. The number of hydrazone groups is 1. The van der Waals surface area contributed by atoms with Crippen LogP contribution < -0.4 is 25.8 Å². The molecule has 148 valence electrons. The minimum Gasteiger partial charge on any atom is -0.493 e. The van der Waals surface area contributed by atoms with Gasteiger partial charge < -0.3 is 14.9 Å². The van der Waals surface area contributed by atoms with Gasteiger partial charge in [0, 0.05) is 12.1 Å². The summed E-state index contributed by atoms with van der Waals surface area (Å²) in [6.07, 6.45) is 1.62. The van der Waals surface area contributed by atoms with Crippen LogP contribution in [0.1, 0.15) is 11.1 Å². The highest BCUT2D eigenvalue weighted by Crippen LogP contribution is 2.28. The van der Waals surface area contributed by atoms with Crippen LogP contribution in [0.3, 0.4) is 0 Å². The lowest BCUT2D eigenvalue weighted by Crippen LogP contribution is -2.59. The molecule has 28 heavy (non-hydrogen) atoms. The molecule has 0 saturated carbocycles. The standard InChI is InChI=1S/C19H20BrFN4O3/c1-27-17-8-12(9-22-24-15-10-23-25-19(26)18(15)20)6-7-16(17)28-11-13-4-2-3-5-14(13)21/h2-9,15,18,23-24H,10-11H2,1H3,(H,25,26)/b22-9-. The minimum atomic E-state index is -0.380. The van der Waals surface area contributed by atoms with Gasteiger partial charge in [0.05, 0.1) is 19.4 Å². The van der Waals surface area contributed by atoms with Gasteiger partial charge in [-0.05, 0) is 29.8 Å². The number of carbonyl (C=O) groups is 1. The molecule has 2 unspecified atom stereocenters. The third-order valence-electron chi connectivity index (χ3n) is 4.12. The van der Waals surface area contributed by atoms with Crippen LogP contribution in [0.5, 0.6) is 11.5 Å². The molecular formula is C19H20BrFN4O3. The van der Waals surface area contributed by atoms with Crippen molar-refractivity contribution in [2.75, 3.05) is 13.7 Å². The zero-order valence-electron chi connectivity index (χ0n) is 15.1. The molecule has 1 aliphatic heterocycles. The molecule has 1 saturated heterocycles. The highest BCUT2D eigenvalue weighted by molar-refractivity contribution is 9.10. The fourth-order valence-corrected chi connectivity index (χ4v) is 3.00. The van der Waals surface area contributed by atoms with Crippen molar-refractivity contribution in [3.05, 3.63) is 59.4 Å². The summed E-state index contributed by atoms with van der Waals surface area (Å²) in [7, 11) is 1.53. The molecule has 0 spiro atoms. The van der Waals surface area contributed by atoms with Gasteiger partial charge in [0.15, 0.2) is 11.5 Å². The maximum Gasteiger partial charge on any atom is 0.250 e. The third-order valence-corrected chi connectivity index (χ3v) is 5.17. The summed E-state index contributed by atoms with van der Waals surface area (Å²) in [5.74, 6) is 0.547. The van der Waals surface area contributed by atoms with Gasteiger partial charge in [-0.15, -0.1) is 0 Å². The summed E-state index contributed by atoms with van der Waals surface area (Å²) in [6.45, 7) is 0.631. The monoisotopic (exact) mass is 450 g/mol. The van der Waals surface area contributed by atoms with E-state index >= 15 is 0 Å². The van der Waals surface area contributed by atoms with Crippen molar-refractivity contribution >= 4 is 28.1 Å². The van der Waals surface area contributed by atoms with Crippen LogP contribution in [0.15, 0.2) is 47.6 Å². The molecule has 3 N–H and O–H groups in total. The first kappa shape index (κ1) is 20.1. The van der Waals surface area contributed by atoms with Crippen LogP contribution in [0.2, 0.25) is 0 Å². The highest BCUT2D eigenvalue weighted by atomic mass is 79.9. The zero-order valence-corrected chi connectivity index (χ0v) is 16.7. The number of halogens is 2. The molecule has 2 aromatic carbocycles. The Hall–Kier alpha value is -2.65. The second kappa shape index (κ2) is 9.52. The Bertz CT molecular complexity index is 865. The van der Waals surface area contributed by atoms with Crippen molar-refractivity contribution in [2.24, 2.45) is 5.10 Å². The van der Waals surface area contributed by atoms with Gasteiger partial charge in [-0.1, -0.05) is 34.1 Å². The van der Waals surface area contributed by atoms with Crippen LogP contribution in [0.4, 0.5) is 4.39 Å². The fraction of sp³-hybridized carbons (Fsp3) is 0.263. The SMILES string of the molecule is COc1cc(/C=N\NC2CNNC(=O)C2Br)ccc1OCc1ccccc1F. The Kier molecular flexibility index (Phi) is 6.83. The molecule has 0 aromatic heterocycles. The van der Waals surface area contributed by atoms with E-state index in [-0.39, 0.29) is 29.2 Å². The molecule has 0 aliphatic carbocycles. The highest BCUT2D eigenvalue weighted by Gasteiger charge is 2.29. The number of hydrazine groups is 1. The number of rotatable bonds is 7. The lowest BCUT2D eigenvalue weighted by atomic mass is 10.2. The first-order valence-corrected chi connectivity index (χ1v) is 9.49. The van der Waals surface area contributed by atoms with Crippen LogP contribution in [0, 0.1) is 5.82 Å². The summed E-state index contributed by atoms with van der Waals surface area (Å²) < 4.78 is 24.8. The van der Waals surface area contributed by atoms with Crippen molar-refractivity contribution in [3.8, 4) is 11.5 Å². The molecule has 1 amide bonds. The van der Waals surface area contributed by atoms with E-state index in [0.29, 0.717) is 23.6 Å². The van der Waals surface area contributed by atoms with Crippen LogP contribution in [-0.4, -0.2) is 36.6 Å². The topological polar surface area (TPSA) is 84.0 Å². The van der Waals surface area contributed by atoms with Crippen molar-refractivity contribution < 1.29 is 18.7 Å². The number of hydrogen-bond donors (Lipinski definition) is 3. The lowest BCUT2D eigenvalue weighted by Gasteiger charge is -2.27. The van der Waals surface area contributed by atoms with Crippen molar-refractivity contribution in [2.45, 2.75) is 17.5 Å². The Morgan fingerprint density at radius 3 is 2.93 bits per heavy atom. The largest absolute Gasteiger partial charge is 0.493 e. The van der Waals surface area contributed by atoms with E-state index in [4.69, 9.17) is 9.47 Å². The maximum absolute atomic E-state index is 13.7. The average molecular weight is 451 g/mol. The predicted molar refractivity (Wildman–Crippen MR) is 107 cm³/mol. The zero-order chi connectivity index (χ0) is 19.9. The summed E-state index contributed by atoms with van der Waals surface area (Å²) in [4.78, 5) is 11.2. The van der Waals surface area contributed by atoms with Gasteiger partial charge in [-0.25, -0.2) is 9.82 Å². The number of ether oxygens (including phenoxy) is 2. The first-order valence-electron chi connectivity index (χ1n) is 8.58. The average Bonchev–Trinajstić information content (AvgIpc) is 2.71. The number of alkyl halides is 1. The summed E-state index contributed by atoms with van der Waals surface area (Å²) in [5.41, 5.74) is 9.52. The van der Waals surface area contributed by atoms with E-state index in [9.17, 15) is 9.18 Å². The molecular weight excluding hydrogens is 431 g/mol. The number of amides is 1. The molecule has 7 nitrogen and oxygen atoms in total. The molecule has 2 aromatic rings. The molecule has 9 heteroatoms. The number of nitrogens with zero attached hydrogens (tertiary/aromatic N) is 1. The second-order valence-corrected chi connectivity index (χ2v) is 7.04. The molecule has 0 bridgehead atoms. The maximum atomic E-state index is 13.7. The van der Waals surface area contributed by atoms with Gasteiger partial charge in [-0.3, -0.25) is 10.2 Å². The first-order chi connectivity index (χ1) is 13.6. The normalized spacial score (nSPS) is 19.3. The molecule has 2 atom stereocenters. The Labute approximate surface area is 170 Å². The Morgan fingerprint density at radius 1 is 1.32 bits per heavy atom. The van der Waals surface area contributed by atoms with E-state index in [2.05, 4.69) is 37.3 Å². The van der Waals surface area contributed by atoms with Gasteiger partial charge >= 0.3 is 0 Å². The molecule has 1 heterocycles. The van der Waals surface area contributed by atoms with Gasteiger partial charge in [0.1, 0.15) is 17.3 Å². The van der Waals surface area contributed by atoms with E-state index in [1.54, 1.807) is 36.5 Å². The summed E-state index contributed by atoms with van der Waals surface area (Å²) >= 11 is 3.33. The number of hydrogen-bond acceptors (Lipinski definition) is 6. The van der Waals surface area contributed by atoms with Gasteiger partial charge in [0.2, 0.25) is 5.91 Å². The van der Waals surface area contributed by atoms with Crippen molar-refractivity contribution in [1.29, 1.82) is 0 Å². The quantitative estimate of drug-likeness (QED) is 0.341.